The fourth-order valence-electron chi connectivity index (χ4n) is 3.49. The van der Waals surface area contributed by atoms with E-state index in [0.29, 0.717) is 16.8 Å². The molecular formula is C20H15ClFN3O4. The molecule has 29 heavy (non-hydrogen) atoms. The molecule has 4 amide bonds. The van der Waals surface area contributed by atoms with Crippen LogP contribution in [0, 0.1) is 5.82 Å². The molecule has 1 saturated heterocycles. The van der Waals surface area contributed by atoms with Crippen LogP contribution < -0.4 is 10.6 Å². The Balaban J connectivity index is 1.51. The maximum absolute atomic E-state index is 13.6. The van der Waals surface area contributed by atoms with Crippen LogP contribution in [0.5, 0.6) is 0 Å². The summed E-state index contributed by atoms with van der Waals surface area (Å²) in [4.78, 5) is 49.9. The van der Waals surface area contributed by atoms with E-state index in [1.807, 2.05) is 0 Å². The molecule has 2 aromatic rings. The summed E-state index contributed by atoms with van der Waals surface area (Å²) in [7, 11) is 0. The van der Waals surface area contributed by atoms with Crippen LogP contribution in [-0.4, -0.2) is 34.6 Å². The molecule has 4 rings (SSSR count). The molecule has 1 unspecified atom stereocenters. The Hall–Kier alpha value is -3.26. The summed E-state index contributed by atoms with van der Waals surface area (Å²) in [5, 5.41) is 4.83. The molecule has 9 heteroatoms. The van der Waals surface area contributed by atoms with Gasteiger partial charge in [-0.25, -0.2) is 4.39 Å². The first-order valence-corrected chi connectivity index (χ1v) is 9.25. The van der Waals surface area contributed by atoms with Gasteiger partial charge < -0.3 is 10.2 Å². The molecule has 2 heterocycles. The molecule has 0 aliphatic carbocycles. The van der Waals surface area contributed by atoms with Gasteiger partial charge in [-0.3, -0.25) is 24.5 Å². The number of halogens is 2. The maximum Gasteiger partial charge on any atom is 0.255 e. The first kappa shape index (κ1) is 19.1. The summed E-state index contributed by atoms with van der Waals surface area (Å²) in [6, 6.07) is 7.81. The van der Waals surface area contributed by atoms with Crippen molar-refractivity contribution < 1.29 is 23.6 Å². The van der Waals surface area contributed by atoms with E-state index in [-0.39, 0.29) is 41.8 Å². The molecule has 148 valence electrons. The summed E-state index contributed by atoms with van der Waals surface area (Å²) in [5.41, 5.74) is 1.63. The second-order valence-corrected chi connectivity index (χ2v) is 7.26. The van der Waals surface area contributed by atoms with E-state index in [4.69, 9.17) is 11.6 Å². The topological polar surface area (TPSA) is 95.6 Å². The van der Waals surface area contributed by atoms with Crippen molar-refractivity contribution in [2.24, 2.45) is 0 Å². The van der Waals surface area contributed by atoms with E-state index in [9.17, 15) is 23.6 Å². The van der Waals surface area contributed by atoms with Gasteiger partial charge in [0, 0.05) is 29.8 Å². The van der Waals surface area contributed by atoms with Crippen LogP contribution in [0.15, 0.2) is 36.4 Å². The van der Waals surface area contributed by atoms with Crippen molar-refractivity contribution >= 4 is 40.9 Å². The molecular weight excluding hydrogens is 401 g/mol. The quantitative estimate of drug-likeness (QED) is 0.753. The lowest BCUT2D eigenvalue weighted by atomic mass is 10.0. The summed E-state index contributed by atoms with van der Waals surface area (Å²) < 4.78 is 13.6. The highest BCUT2D eigenvalue weighted by molar-refractivity contribution is 6.30. The Kier molecular flexibility index (Phi) is 4.79. The summed E-state index contributed by atoms with van der Waals surface area (Å²) >= 11 is 5.63. The molecule has 2 aromatic carbocycles. The standard InChI is InChI=1S/C20H15ClFN3O4/c21-14-4-1-10(8-15(14)22)18(27)23-12-2-3-13-11(7-12)9-25(20(13)29)16-5-6-17(26)24-19(16)28/h1-4,7-8,16H,5-6,9H2,(H,23,27)(H,24,26,28). The van der Waals surface area contributed by atoms with Crippen molar-refractivity contribution in [2.45, 2.75) is 25.4 Å². The lowest BCUT2D eigenvalue weighted by molar-refractivity contribution is -0.136. The molecule has 0 saturated carbocycles. The molecule has 1 fully saturated rings. The van der Waals surface area contributed by atoms with Crippen LogP contribution in [0.3, 0.4) is 0 Å². The number of nitrogens with zero attached hydrogens (tertiary/aromatic N) is 1. The first-order valence-electron chi connectivity index (χ1n) is 8.87. The van der Waals surface area contributed by atoms with Crippen LogP contribution in [0.2, 0.25) is 5.02 Å². The third-order valence-electron chi connectivity index (χ3n) is 4.96. The van der Waals surface area contributed by atoms with E-state index >= 15 is 0 Å². The van der Waals surface area contributed by atoms with E-state index in [2.05, 4.69) is 10.6 Å². The van der Waals surface area contributed by atoms with Crippen LogP contribution in [0.4, 0.5) is 10.1 Å². The van der Waals surface area contributed by atoms with Gasteiger partial charge in [-0.05, 0) is 48.4 Å². The predicted molar refractivity (Wildman–Crippen MR) is 102 cm³/mol. The first-order chi connectivity index (χ1) is 13.8. The zero-order chi connectivity index (χ0) is 20.7. The molecule has 0 aromatic heterocycles. The number of nitrogens with one attached hydrogen (secondary N) is 2. The largest absolute Gasteiger partial charge is 0.322 e. The summed E-state index contributed by atoms with van der Waals surface area (Å²) in [6.45, 7) is 0.194. The highest BCUT2D eigenvalue weighted by atomic mass is 35.5. The Bertz CT molecular complexity index is 1070. The van der Waals surface area contributed by atoms with Gasteiger partial charge in [0.1, 0.15) is 11.9 Å². The van der Waals surface area contributed by atoms with Crippen molar-refractivity contribution in [2.75, 3.05) is 5.32 Å². The number of carbonyl (C=O) groups excluding carboxylic acids is 4. The fraction of sp³-hybridized carbons (Fsp3) is 0.200. The molecule has 2 aliphatic heterocycles. The molecule has 1 atom stereocenters. The number of hydrogen-bond acceptors (Lipinski definition) is 4. The third-order valence-corrected chi connectivity index (χ3v) is 5.27. The molecule has 0 radical (unpaired) electrons. The smallest absolute Gasteiger partial charge is 0.255 e. The van der Waals surface area contributed by atoms with Gasteiger partial charge in [0.2, 0.25) is 11.8 Å². The van der Waals surface area contributed by atoms with Crippen molar-refractivity contribution in [1.82, 2.24) is 10.2 Å². The number of amides is 4. The number of imide groups is 1. The number of rotatable bonds is 3. The van der Waals surface area contributed by atoms with Gasteiger partial charge in [-0.15, -0.1) is 0 Å². The zero-order valence-corrected chi connectivity index (χ0v) is 15.8. The van der Waals surface area contributed by atoms with E-state index in [1.165, 1.54) is 17.0 Å². The lowest BCUT2D eigenvalue weighted by Gasteiger charge is -2.29. The van der Waals surface area contributed by atoms with Gasteiger partial charge in [-0.2, -0.15) is 0 Å². The molecule has 7 nitrogen and oxygen atoms in total. The Morgan fingerprint density at radius 1 is 1.17 bits per heavy atom. The van der Waals surface area contributed by atoms with Gasteiger partial charge in [0.25, 0.3) is 11.8 Å². The van der Waals surface area contributed by atoms with Crippen LogP contribution in [0.25, 0.3) is 0 Å². The van der Waals surface area contributed by atoms with Crippen molar-refractivity contribution in [3.05, 3.63) is 63.9 Å². The van der Waals surface area contributed by atoms with E-state index < -0.39 is 23.7 Å². The summed E-state index contributed by atoms with van der Waals surface area (Å²) in [6.07, 6.45) is 0.450. The van der Waals surface area contributed by atoms with Gasteiger partial charge >= 0.3 is 0 Å². The normalized spacial score (nSPS) is 18.5. The monoisotopic (exact) mass is 415 g/mol. The molecule has 0 bridgehead atoms. The van der Waals surface area contributed by atoms with Crippen LogP contribution in [-0.2, 0) is 16.1 Å². The van der Waals surface area contributed by atoms with Crippen LogP contribution >= 0.6 is 11.6 Å². The second-order valence-electron chi connectivity index (χ2n) is 6.85. The number of benzene rings is 2. The molecule has 2 aliphatic rings. The van der Waals surface area contributed by atoms with Gasteiger partial charge in [0.05, 0.1) is 5.02 Å². The van der Waals surface area contributed by atoms with Crippen molar-refractivity contribution in [1.29, 1.82) is 0 Å². The average molecular weight is 416 g/mol. The number of piperidine rings is 1. The fourth-order valence-corrected chi connectivity index (χ4v) is 3.61. The Labute approximate surface area is 169 Å². The van der Waals surface area contributed by atoms with Crippen LogP contribution in [0.1, 0.15) is 39.1 Å². The minimum atomic E-state index is -0.706. The highest BCUT2D eigenvalue weighted by Gasteiger charge is 2.39. The molecule has 0 spiro atoms. The maximum atomic E-state index is 13.6. The highest BCUT2D eigenvalue weighted by Crippen LogP contribution is 2.29. The SMILES string of the molecule is O=C1CCC(N2Cc3cc(NC(=O)c4ccc(Cl)c(F)c4)ccc3C2=O)C(=O)N1. The van der Waals surface area contributed by atoms with Gasteiger partial charge in [-0.1, -0.05) is 11.6 Å². The minimum absolute atomic E-state index is 0.0777. The number of carbonyl (C=O) groups is 4. The van der Waals surface area contributed by atoms with Gasteiger partial charge in [0.15, 0.2) is 0 Å². The second kappa shape index (κ2) is 7.29. The number of anilines is 1. The minimum Gasteiger partial charge on any atom is -0.322 e. The van der Waals surface area contributed by atoms with Crippen molar-refractivity contribution in [3.63, 3.8) is 0 Å². The lowest BCUT2D eigenvalue weighted by Crippen LogP contribution is -2.52. The van der Waals surface area contributed by atoms with Crippen molar-refractivity contribution in [3.8, 4) is 0 Å². The average Bonchev–Trinajstić information content (AvgIpc) is 3.00. The van der Waals surface area contributed by atoms with E-state index in [0.717, 1.165) is 6.07 Å². The zero-order valence-electron chi connectivity index (χ0n) is 15.0. The summed E-state index contributed by atoms with van der Waals surface area (Å²) in [5.74, 6) is -2.35. The van der Waals surface area contributed by atoms with E-state index in [1.54, 1.807) is 18.2 Å². The Morgan fingerprint density at radius 2 is 1.97 bits per heavy atom. The number of hydrogen-bond donors (Lipinski definition) is 2. The molecule has 2 N–H and O–H groups in total. The number of fused-ring (bicyclic) bond motifs is 1. The Morgan fingerprint density at radius 3 is 2.69 bits per heavy atom. The third kappa shape index (κ3) is 3.58. The predicted octanol–water partition coefficient (Wildman–Crippen LogP) is 2.49.